The van der Waals surface area contributed by atoms with Crippen LogP contribution < -0.4 is 4.90 Å². The summed E-state index contributed by atoms with van der Waals surface area (Å²) in [5.41, 5.74) is 1.88. The first kappa shape index (κ1) is 17.0. The lowest BCUT2D eigenvalue weighted by atomic mass is 10.3. The molecule has 24 heavy (non-hydrogen) atoms. The molecule has 0 atom stereocenters. The highest BCUT2D eigenvalue weighted by atomic mass is 32.2. The molecule has 1 saturated heterocycles. The standard InChI is InChI=1S/C18H21N3OS2/c1-4-19-13-9-7-8-10-15(13)24-16(19)12-11-14-17(22)21(6-3)18(23)20(14)5-2/h7-12H,4-6H2,1-3H3. The third kappa shape index (κ3) is 2.74. The van der Waals surface area contributed by atoms with Gasteiger partial charge in [0.05, 0.1) is 10.7 Å². The summed E-state index contributed by atoms with van der Waals surface area (Å²) in [5, 5.41) is 1.74. The summed E-state index contributed by atoms with van der Waals surface area (Å²) in [6.45, 7) is 8.28. The molecule has 1 amide bonds. The van der Waals surface area contributed by atoms with Crippen LogP contribution in [0.25, 0.3) is 0 Å². The second kappa shape index (κ2) is 6.99. The van der Waals surface area contributed by atoms with Crippen molar-refractivity contribution in [2.24, 2.45) is 0 Å². The predicted molar refractivity (Wildman–Crippen MR) is 104 cm³/mol. The predicted octanol–water partition coefficient (Wildman–Crippen LogP) is 3.81. The van der Waals surface area contributed by atoms with Gasteiger partial charge in [-0.2, -0.15) is 0 Å². The van der Waals surface area contributed by atoms with Crippen molar-refractivity contribution in [3.63, 3.8) is 0 Å². The zero-order chi connectivity index (χ0) is 17.3. The number of carbonyl (C=O) groups is 1. The second-order valence-corrected chi connectivity index (χ2v) is 6.87. The lowest BCUT2D eigenvalue weighted by Crippen LogP contribution is -2.32. The number of likely N-dealkylation sites (N-methyl/N-ethyl adjacent to an activating group) is 2. The molecule has 1 aromatic carbocycles. The Balaban J connectivity index is 1.93. The molecule has 0 aromatic heterocycles. The van der Waals surface area contributed by atoms with Crippen LogP contribution >= 0.6 is 24.0 Å². The lowest BCUT2D eigenvalue weighted by molar-refractivity contribution is -0.122. The minimum Gasteiger partial charge on any atom is -0.335 e. The molecule has 0 spiro atoms. The monoisotopic (exact) mass is 359 g/mol. The van der Waals surface area contributed by atoms with Crippen molar-refractivity contribution in [3.8, 4) is 0 Å². The van der Waals surface area contributed by atoms with Crippen molar-refractivity contribution in [2.75, 3.05) is 24.5 Å². The highest BCUT2D eigenvalue weighted by Crippen LogP contribution is 2.45. The first-order valence-electron chi connectivity index (χ1n) is 8.22. The van der Waals surface area contributed by atoms with Crippen LogP contribution in [0.5, 0.6) is 0 Å². The summed E-state index contributed by atoms with van der Waals surface area (Å²) < 4.78 is 0. The third-order valence-electron chi connectivity index (χ3n) is 4.19. The van der Waals surface area contributed by atoms with E-state index >= 15 is 0 Å². The molecule has 2 aliphatic rings. The number of rotatable bonds is 4. The molecule has 0 radical (unpaired) electrons. The Labute approximate surface area is 152 Å². The van der Waals surface area contributed by atoms with Gasteiger partial charge in [0.25, 0.3) is 5.91 Å². The molecule has 0 unspecified atom stereocenters. The van der Waals surface area contributed by atoms with Gasteiger partial charge in [0.2, 0.25) is 0 Å². The highest BCUT2D eigenvalue weighted by molar-refractivity contribution is 8.03. The van der Waals surface area contributed by atoms with Crippen molar-refractivity contribution in [3.05, 3.63) is 47.1 Å². The molecule has 3 rings (SSSR count). The number of carbonyl (C=O) groups excluding carboxylic acids is 1. The van der Waals surface area contributed by atoms with Crippen molar-refractivity contribution in [2.45, 2.75) is 25.7 Å². The summed E-state index contributed by atoms with van der Waals surface area (Å²) in [4.78, 5) is 19.6. The maximum atomic E-state index is 12.6. The highest BCUT2D eigenvalue weighted by Gasteiger charge is 2.35. The molecule has 1 aromatic rings. The maximum absolute atomic E-state index is 12.6. The fourth-order valence-electron chi connectivity index (χ4n) is 2.99. The SMILES string of the molecule is CCN1C(=O)C(=CC=C2Sc3ccccc3N2CC)N(CC)C1=S. The topological polar surface area (TPSA) is 26.8 Å². The van der Waals surface area contributed by atoms with Gasteiger partial charge in [-0.15, -0.1) is 0 Å². The van der Waals surface area contributed by atoms with Gasteiger partial charge in [-0.3, -0.25) is 9.69 Å². The fraction of sp³-hybridized carbons (Fsp3) is 0.333. The van der Waals surface area contributed by atoms with Gasteiger partial charge in [0.15, 0.2) is 5.11 Å². The van der Waals surface area contributed by atoms with E-state index in [2.05, 4.69) is 36.1 Å². The Morgan fingerprint density at radius 3 is 2.33 bits per heavy atom. The number of thiocarbonyl (C=S) groups is 1. The number of hydrogen-bond acceptors (Lipinski definition) is 4. The Morgan fingerprint density at radius 2 is 1.67 bits per heavy atom. The molecule has 0 saturated carbocycles. The number of benzene rings is 1. The summed E-state index contributed by atoms with van der Waals surface area (Å²) in [5.74, 6) is -0.00948. The van der Waals surface area contributed by atoms with Crippen LogP contribution in [0, 0.1) is 0 Å². The van der Waals surface area contributed by atoms with Gasteiger partial charge in [0.1, 0.15) is 5.70 Å². The van der Waals surface area contributed by atoms with Crippen LogP contribution in [0.15, 0.2) is 52.0 Å². The van der Waals surface area contributed by atoms with E-state index in [-0.39, 0.29) is 5.91 Å². The lowest BCUT2D eigenvalue weighted by Gasteiger charge is -2.18. The molecule has 4 nitrogen and oxygen atoms in total. The average Bonchev–Trinajstić information content (AvgIpc) is 3.06. The Hall–Kier alpha value is -1.79. The number of nitrogens with zero attached hydrogens (tertiary/aromatic N) is 3. The Kier molecular flexibility index (Phi) is 4.96. The largest absolute Gasteiger partial charge is 0.335 e. The third-order valence-corrected chi connectivity index (χ3v) is 5.76. The van der Waals surface area contributed by atoms with E-state index in [1.54, 1.807) is 16.7 Å². The normalized spacial score (nSPS) is 20.7. The zero-order valence-electron chi connectivity index (χ0n) is 14.2. The van der Waals surface area contributed by atoms with Gasteiger partial charge in [-0.05, 0) is 57.3 Å². The number of hydrogen-bond donors (Lipinski definition) is 0. The number of fused-ring (bicyclic) bond motifs is 1. The van der Waals surface area contributed by atoms with Gasteiger partial charge in [0, 0.05) is 24.5 Å². The smallest absolute Gasteiger partial charge is 0.276 e. The van der Waals surface area contributed by atoms with Crippen LogP contribution in [0.1, 0.15) is 20.8 Å². The number of anilines is 1. The Morgan fingerprint density at radius 1 is 1.00 bits per heavy atom. The summed E-state index contributed by atoms with van der Waals surface area (Å²) >= 11 is 7.16. The molecule has 1 fully saturated rings. The molecule has 126 valence electrons. The van der Waals surface area contributed by atoms with Crippen molar-refractivity contribution < 1.29 is 4.79 Å². The van der Waals surface area contributed by atoms with E-state index in [0.29, 0.717) is 23.9 Å². The molecular weight excluding hydrogens is 338 g/mol. The van der Waals surface area contributed by atoms with Crippen molar-refractivity contribution >= 4 is 40.7 Å². The quantitative estimate of drug-likeness (QED) is 0.602. The number of thioether (sulfide) groups is 1. The maximum Gasteiger partial charge on any atom is 0.276 e. The van der Waals surface area contributed by atoms with E-state index in [4.69, 9.17) is 12.2 Å². The van der Waals surface area contributed by atoms with Crippen molar-refractivity contribution in [1.82, 2.24) is 9.80 Å². The molecule has 0 bridgehead atoms. The average molecular weight is 360 g/mol. The zero-order valence-corrected chi connectivity index (χ0v) is 15.8. The number of allylic oxidation sites excluding steroid dienone is 2. The van der Waals surface area contributed by atoms with Crippen LogP contribution in [-0.2, 0) is 4.79 Å². The Bertz CT molecular complexity index is 742. The minimum absolute atomic E-state index is 0.00948. The molecule has 2 heterocycles. The van der Waals surface area contributed by atoms with Crippen molar-refractivity contribution in [1.29, 1.82) is 0 Å². The minimum atomic E-state index is -0.00948. The summed E-state index contributed by atoms with van der Waals surface area (Å²) in [6, 6.07) is 8.37. The number of amides is 1. The van der Waals surface area contributed by atoms with Gasteiger partial charge in [-0.25, -0.2) is 0 Å². The van der Waals surface area contributed by atoms with Crippen LogP contribution in [0.2, 0.25) is 0 Å². The van der Waals surface area contributed by atoms with Crippen LogP contribution in [0.3, 0.4) is 0 Å². The molecule has 6 heteroatoms. The van der Waals surface area contributed by atoms with Gasteiger partial charge >= 0.3 is 0 Å². The first-order valence-corrected chi connectivity index (χ1v) is 9.44. The molecular formula is C18H21N3OS2. The molecule has 0 N–H and O–H groups in total. The number of para-hydroxylation sites is 1. The summed E-state index contributed by atoms with van der Waals surface area (Å²) in [6.07, 6.45) is 3.94. The fourth-order valence-corrected chi connectivity index (χ4v) is 4.56. The molecule has 0 aliphatic carbocycles. The van der Waals surface area contributed by atoms with E-state index < -0.39 is 0 Å². The van der Waals surface area contributed by atoms with Crippen LogP contribution in [0.4, 0.5) is 5.69 Å². The second-order valence-electron chi connectivity index (χ2n) is 5.45. The van der Waals surface area contributed by atoms with E-state index in [9.17, 15) is 4.79 Å². The van der Waals surface area contributed by atoms with Gasteiger partial charge in [-0.1, -0.05) is 23.9 Å². The van der Waals surface area contributed by atoms with E-state index in [1.165, 1.54) is 10.6 Å². The van der Waals surface area contributed by atoms with Crippen LogP contribution in [-0.4, -0.2) is 40.5 Å². The summed E-state index contributed by atoms with van der Waals surface area (Å²) in [7, 11) is 0. The molecule has 2 aliphatic heterocycles. The van der Waals surface area contributed by atoms with E-state index in [1.807, 2.05) is 30.9 Å². The first-order chi connectivity index (χ1) is 11.6. The van der Waals surface area contributed by atoms with E-state index in [0.717, 1.165) is 11.6 Å². The van der Waals surface area contributed by atoms with Gasteiger partial charge < -0.3 is 9.80 Å².